The van der Waals surface area contributed by atoms with Gasteiger partial charge in [-0.25, -0.2) is 0 Å². The van der Waals surface area contributed by atoms with Gasteiger partial charge in [0.15, 0.2) is 0 Å². The third-order valence-electron chi connectivity index (χ3n) is 2.36. The van der Waals surface area contributed by atoms with E-state index in [1.54, 1.807) is 0 Å². The molecular formula is C13H17NO. The van der Waals surface area contributed by atoms with Crippen molar-refractivity contribution in [3.05, 3.63) is 35.9 Å². The summed E-state index contributed by atoms with van der Waals surface area (Å²) in [4.78, 5) is 0. The van der Waals surface area contributed by atoms with E-state index in [1.807, 2.05) is 25.1 Å². The summed E-state index contributed by atoms with van der Waals surface area (Å²) in [6.45, 7) is 2.74. The monoisotopic (exact) mass is 203 g/mol. The van der Waals surface area contributed by atoms with Crippen LogP contribution in [0.4, 0.5) is 0 Å². The van der Waals surface area contributed by atoms with E-state index in [9.17, 15) is 0 Å². The van der Waals surface area contributed by atoms with Crippen LogP contribution in [0.2, 0.25) is 0 Å². The molecule has 1 rings (SSSR count). The van der Waals surface area contributed by atoms with Crippen LogP contribution < -0.4 is 0 Å². The highest BCUT2D eigenvalue weighted by molar-refractivity contribution is 5.14. The number of nitrogens with zero attached hydrogens (tertiary/aromatic N) is 1. The first kappa shape index (κ1) is 11.7. The fourth-order valence-electron chi connectivity index (χ4n) is 1.41. The first-order valence-electron chi connectivity index (χ1n) is 5.39. The maximum atomic E-state index is 8.55. The Morgan fingerprint density at radius 2 is 2.07 bits per heavy atom. The van der Waals surface area contributed by atoms with Crippen LogP contribution >= 0.6 is 0 Å². The Morgan fingerprint density at radius 1 is 1.33 bits per heavy atom. The number of hydrogen-bond acceptors (Lipinski definition) is 2. The molecule has 1 unspecified atom stereocenters. The first-order chi connectivity index (χ1) is 7.36. The van der Waals surface area contributed by atoms with Crippen LogP contribution in [0.15, 0.2) is 30.3 Å². The summed E-state index contributed by atoms with van der Waals surface area (Å²) in [5.74, 6) is 0. The van der Waals surface area contributed by atoms with E-state index in [0.29, 0.717) is 13.0 Å². The smallest absolute Gasteiger partial charge is 0.0702 e. The van der Waals surface area contributed by atoms with E-state index in [2.05, 4.69) is 18.2 Å². The molecule has 0 amide bonds. The summed E-state index contributed by atoms with van der Waals surface area (Å²) in [5, 5.41) is 8.55. The lowest BCUT2D eigenvalue weighted by Gasteiger charge is -2.12. The van der Waals surface area contributed by atoms with Gasteiger partial charge in [0.05, 0.1) is 25.2 Å². The minimum atomic E-state index is 0.0960. The highest BCUT2D eigenvalue weighted by atomic mass is 16.5. The molecule has 2 heteroatoms. The second kappa shape index (κ2) is 7.03. The zero-order chi connectivity index (χ0) is 10.9. The zero-order valence-corrected chi connectivity index (χ0v) is 9.15. The zero-order valence-electron chi connectivity index (χ0n) is 9.15. The molecule has 15 heavy (non-hydrogen) atoms. The van der Waals surface area contributed by atoms with Crippen molar-refractivity contribution < 1.29 is 4.74 Å². The molecule has 0 radical (unpaired) electrons. The highest BCUT2D eigenvalue weighted by Gasteiger charge is 2.04. The Bertz CT molecular complexity index is 302. The highest BCUT2D eigenvalue weighted by Crippen LogP contribution is 2.05. The average Bonchev–Trinajstić information content (AvgIpc) is 2.29. The van der Waals surface area contributed by atoms with Crippen molar-refractivity contribution in [1.82, 2.24) is 0 Å². The van der Waals surface area contributed by atoms with E-state index in [0.717, 1.165) is 12.8 Å². The van der Waals surface area contributed by atoms with Crippen LogP contribution in [-0.2, 0) is 11.2 Å². The van der Waals surface area contributed by atoms with Crippen molar-refractivity contribution in [2.45, 2.75) is 32.3 Å². The standard InChI is InChI=1S/C13H17NO/c1-2-13(8-10-14)15-11-9-12-6-4-3-5-7-12/h3-7,13H,2,8-9,11H2,1H3. The van der Waals surface area contributed by atoms with Crippen molar-refractivity contribution >= 4 is 0 Å². The SMILES string of the molecule is CCC(CC#N)OCCc1ccccc1. The van der Waals surface area contributed by atoms with E-state index < -0.39 is 0 Å². The van der Waals surface area contributed by atoms with Crippen LogP contribution in [0.3, 0.4) is 0 Å². The van der Waals surface area contributed by atoms with Gasteiger partial charge in [-0.1, -0.05) is 37.3 Å². The van der Waals surface area contributed by atoms with Crippen LogP contribution in [0.5, 0.6) is 0 Å². The van der Waals surface area contributed by atoms with Crippen molar-refractivity contribution in [2.24, 2.45) is 0 Å². The van der Waals surface area contributed by atoms with Gasteiger partial charge in [0, 0.05) is 0 Å². The molecule has 0 saturated heterocycles. The maximum Gasteiger partial charge on any atom is 0.0702 e. The number of hydrogen-bond donors (Lipinski definition) is 0. The molecule has 0 aromatic heterocycles. The molecule has 0 bridgehead atoms. The molecule has 0 spiro atoms. The van der Waals surface area contributed by atoms with E-state index in [1.165, 1.54) is 5.56 Å². The molecule has 80 valence electrons. The minimum absolute atomic E-state index is 0.0960. The van der Waals surface area contributed by atoms with Crippen LogP contribution in [0.25, 0.3) is 0 Å². The molecule has 1 atom stereocenters. The summed E-state index contributed by atoms with van der Waals surface area (Å²) < 4.78 is 5.61. The van der Waals surface area contributed by atoms with Crippen molar-refractivity contribution in [2.75, 3.05) is 6.61 Å². The topological polar surface area (TPSA) is 33.0 Å². The Morgan fingerprint density at radius 3 is 2.67 bits per heavy atom. The predicted octanol–water partition coefficient (Wildman–Crippen LogP) is 2.94. The fourth-order valence-corrected chi connectivity index (χ4v) is 1.41. The molecule has 0 N–H and O–H groups in total. The summed E-state index contributed by atoms with van der Waals surface area (Å²) in [6.07, 6.45) is 2.41. The van der Waals surface area contributed by atoms with Crippen LogP contribution in [0.1, 0.15) is 25.3 Å². The molecule has 0 aliphatic rings. The van der Waals surface area contributed by atoms with E-state index >= 15 is 0 Å². The number of nitriles is 1. The van der Waals surface area contributed by atoms with Crippen molar-refractivity contribution in [3.63, 3.8) is 0 Å². The van der Waals surface area contributed by atoms with Gasteiger partial charge in [-0.15, -0.1) is 0 Å². The van der Waals surface area contributed by atoms with Gasteiger partial charge in [-0.2, -0.15) is 5.26 Å². The summed E-state index contributed by atoms with van der Waals surface area (Å²) >= 11 is 0. The molecular weight excluding hydrogens is 186 g/mol. The van der Waals surface area contributed by atoms with Crippen LogP contribution in [0, 0.1) is 11.3 Å². The van der Waals surface area contributed by atoms with Gasteiger partial charge in [0.2, 0.25) is 0 Å². The van der Waals surface area contributed by atoms with E-state index in [4.69, 9.17) is 10.00 Å². The fraction of sp³-hybridized carbons (Fsp3) is 0.462. The lowest BCUT2D eigenvalue weighted by molar-refractivity contribution is 0.0561. The third kappa shape index (κ3) is 4.62. The van der Waals surface area contributed by atoms with E-state index in [-0.39, 0.29) is 6.10 Å². The Hall–Kier alpha value is -1.33. The van der Waals surface area contributed by atoms with Gasteiger partial charge >= 0.3 is 0 Å². The number of benzene rings is 1. The minimum Gasteiger partial charge on any atom is -0.377 e. The van der Waals surface area contributed by atoms with Gasteiger partial charge < -0.3 is 4.74 Å². The largest absolute Gasteiger partial charge is 0.377 e. The molecule has 0 saturated carbocycles. The molecule has 1 aromatic rings. The molecule has 0 heterocycles. The maximum absolute atomic E-state index is 8.55. The lowest BCUT2D eigenvalue weighted by Crippen LogP contribution is -2.12. The average molecular weight is 203 g/mol. The number of ether oxygens (including phenoxy) is 1. The van der Waals surface area contributed by atoms with Crippen molar-refractivity contribution in [3.8, 4) is 6.07 Å². The second-order valence-electron chi connectivity index (χ2n) is 3.50. The van der Waals surface area contributed by atoms with Gasteiger partial charge in [-0.05, 0) is 18.4 Å². The summed E-state index contributed by atoms with van der Waals surface area (Å²) in [6, 6.07) is 12.4. The molecule has 0 aliphatic carbocycles. The van der Waals surface area contributed by atoms with Crippen LogP contribution in [-0.4, -0.2) is 12.7 Å². The van der Waals surface area contributed by atoms with Gasteiger partial charge in [-0.3, -0.25) is 0 Å². The molecule has 0 aliphatic heterocycles. The Kier molecular flexibility index (Phi) is 5.50. The Labute approximate surface area is 91.5 Å². The summed E-state index contributed by atoms with van der Waals surface area (Å²) in [5.41, 5.74) is 1.28. The van der Waals surface area contributed by atoms with Gasteiger partial charge in [0.25, 0.3) is 0 Å². The quantitative estimate of drug-likeness (QED) is 0.712. The normalized spacial score (nSPS) is 12.0. The lowest BCUT2D eigenvalue weighted by atomic mass is 10.1. The molecule has 2 nitrogen and oxygen atoms in total. The predicted molar refractivity (Wildman–Crippen MR) is 60.4 cm³/mol. The second-order valence-corrected chi connectivity index (χ2v) is 3.50. The van der Waals surface area contributed by atoms with Gasteiger partial charge in [0.1, 0.15) is 0 Å². The summed E-state index contributed by atoms with van der Waals surface area (Å²) in [7, 11) is 0. The third-order valence-corrected chi connectivity index (χ3v) is 2.36. The first-order valence-corrected chi connectivity index (χ1v) is 5.39. The van der Waals surface area contributed by atoms with Crippen molar-refractivity contribution in [1.29, 1.82) is 5.26 Å². The molecule has 0 fully saturated rings. The number of rotatable bonds is 6. The molecule has 1 aromatic carbocycles. The Balaban J connectivity index is 2.24.